The van der Waals surface area contributed by atoms with Crippen molar-refractivity contribution in [1.82, 2.24) is 9.88 Å². The summed E-state index contributed by atoms with van der Waals surface area (Å²) in [6, 6.07) is 7.45. The Hall–Kier alpha value is -3.04. The number of piperidine rings is 1. The number of aliphatic carboxylic acids is 1. The van der Waals surface area contributed by atoms with E-state index in [2.05, 4.69) is 15.2 Å². The van der Waals surface area contributed by atoms with Gasteiger partial charge in [-0.2, -0.15) is 0 Å². The van der Waals surface area contributed by atoms with E-state index in [4.69, 9.17) is 16.3 Å². The Morgan fingerprint density at radius 2 is 1.89 bits per heavy atom. The van der Waals surface area contributed by atoms with Gasteiger partial charge in [-0.1, -0.05) is 11.6 Å². The number of aryl methyl sites for hydroxylation is 1. The van der Waals surface area contributed by atoms with E-state index < -0.39 is 28.8 Å². The summed E-state index contributed by atoms with van der Waals surface area (Å²) in [5.74, 6) is -4.07. The van der Waals surface area contributed by atoms with E-state index >= 15 is 0 Å². The zero-order chi connectivity index (χ0) is 26.6. The van der Waals surface area contributed by atoms with Crippen LogP contribution in [0.4, 0.5) is 18.9 Å². The van der Waals surface area contributed by atoms with Crippen LogP contribution in [0.15, 0.2) is 36.5 Å². The summed E-state index contributed by atoms with van der Waals surface area (Å²) >= 11 is 6.46. The van der Waals surface area contributed by atoms with E-state index in [1.165, 1.54) is 0 Å². The Morgan fingerprint density at radius 3 is 2.54 bits per heavy atom. The number of rotatable bonds is 10. The lowest BCUT2D eigenvalue weighted by Crippen LogP contribution is -2.45. The molecule has 3 aromatic rings. The molecule has 10 heteroatoms. The molecule has 1 fully saturated rings. The molecule has 4 rings (SSSR count). The van der Waals surface area contributed by atoms with Gasteiger partial charge in [0.25, 0.3) is 0 Å². The van der Waals surface area contributed by atoms with Crippen LogP contribution in [0.2, 0.25) is 5.02 Å². The second kappa shape index (κ2) is 11.6. The zero-order valence-electron chi connectivity index (χ0n) is 20.5. The number of nitrogens with one attached hydrogen (secondary N) is 1. The number of hydrogen-bond acceptors (Lipinski definition) is 5. The van der Waals surface area contributed by atoms with Crippen LogP contribution >= 0.6 is 11.6 Å². The van der Waals surface area contributed by atoms with Crippen LogP contribution in [0.1, 0.15) is 31.2 Å². The maximum absolute atomic E-state index is 13.4. The quantitative estimate of drug-likeness (QED) is 0.314. The average Bonchev–Trinajstić information content (AvgIpc) is 2.89. The third-order valence-corrected chi connectivity index (χ3v) is 7.55. The van der Waals surface area contributed by atoms with Gasteiger partial charge in [-0.3, -0.25) is 9.78 Å². The van der Waals surface area contributed by atoms with E-state index in [1.54, 1.807) is 13.3 Å². The van der Waals surface area contributed by atoms with Crippen molar-refractivity contribution in [1.29, 1.82) is 0 Å². The Kier molecular flexibility index (Phi) is 8.44. The number of benzene rings is 2. The summed E-state index contributed by atoms with van der Waals surface area (Å²) in [5, 5.41) is 14.4. The molecule has 0 saturated carbocycles. The zero-order valence-corrected chi connectivity index (χ0v) is 21.3. The number of halogens is 4. The first-order valence-electron chi connectivity index (χ1n) is 12.2. The number of nitrogens with zero attached hydrogens (tertiary/aromatic N) is 2. The molecule has 0 bridgehead atoms. The number of pyridine rings is 1. The highest BCUT2D eigenvalue weighted by molar-refractivity contribution is 6.32. The molecule has 0 aliphatic carbocycles. The number of methoxy groups -OCH3 is 1. The molecule has 37 heavy (non-hydrogen) atoms. The molecule has 0 amide bonds. The monoisotopic (exact) mass is 535 g/mol. The van der Waals surface area contributed by atoms with Crippen molar-refractivity contribution in [2.75, 3.05) is 38.6 Å². The van der Waals surface area contributed by atoms with Crippen molar-refractivity contribution >= 4 is 34.2 Å². The minimum atomic E-state index is -1.49. The van der Waals surface area contributed by atoms with Gasteiger partial charge in [0.2, 0.25) is 0 Å². The summed E-state index contributed by atoms with van der Waals surface area (Å²) in [7, 11) is 1.60. The van der Waals surface area contributed by atoms with Crippen LogP contribution in [0.3, 0.4) is 0 Å². The lowest BCUT2D eigenvalue weighted by atomic mass is 9.74. The Bertz CT molecular complexity index is 1260. The number of carboxylic acid groups (broad SMARTS) is 1. The van der Waals surface area contributed by atoms with Gasteiger partial charge in [0.05, 0.1) is 23.1 Å². The van der Waals surface area contributed by atoms with Crippen molar-refractivity contribution < 1.29 is 27.8 Å². The first-order valence-corrected chi connectivity index (χ1v) is 12.6. The van der Waals surface area contributed by atoms with E-state index in [-0.39, 0.29) is 5.69 Å². The van der Waals surface area contributed by atoms with E-state index in [9.17, 15) is 23.1 Å². The predicted molar refractivity (Wildman–Crippen MR) is 137 cm³/mol. The van der Waals surface area contributed by atoms with Gasteiger partial charge in [0.1, 0.15) is 5.75 Å². The lowest BCUT2D eigenvalue weighted by molar-refractivity contribution is -0.152. The maximum atomic E-state index is 13.4. The first kappa shape index (κ1) is 27.0. The summed E-state index contributed by atoms with van der Waals surface area (Å²) in [6.07, 6.45) is 4.43. The number of likely N-dealkylation sites (tertiary alicyclic amines) is 1. The highest BCUT2D eigenvalue weighted by Crippen LogP contribution is 2.38. The van der Waals surface area contributed by atoms with Crippen LogP contribution in [-0.2, 0) is 11.2 Å². The number of fused-ring (bicyclic) bond motifs is 1. The van der Waals surface area contributed by atoms with Crippen LogP contribution in [0.5, 0.6) is 5.75 Å². The number of carboxylic acids is 1. The fourth-order valence-corrected chi connectivity index (χ4v) is 5.22. The van der Waals surface area contributed by atoms with Crippen molar-refractivity contribution in [2.45, 2.75) is 32.1 Å². The number of aromatic nitrogens is 1. The minimum absolute atomic E-state index is 0.160. The summed E-state index contributed by atoms with van der Waals surface area (Å²) in [6.45, 7) is 2.14. The fourth-order valence-electron chi connectivity index (χ4n) is 4.98. The molecule has 1 aliphatic rings. The molecule has 2 aromatic carbocycles. The summed E-state index contributed by atoms with van der Waals surface area (Å²) in [4.78, 5) is 18.8. The summed E-state index contributed by atoms with van der Waals surface area (Å²) < 4.78 is 45.2. The number of ether oxygens (including phenoxy) is 1. The first-order chi connectivity index (χ1) is 17.7. The van der Waals surface area contributed by atoms with Gasteiger partial charge in [0, 0.05) is 42.5 Å². The normalized spacial score (nSPS) is 15.6. The SMILES string of the molecule is COc1ccc2ncc(Cl)c(CCCC3(C(=O)O)CCN(CCNc4cc(F)c(F)c(F)c4)CC3)c2c1. The molecular formula is C27H29ClF3N3O3. The van der Waals surface area contributed by atoms with Gasteiger partial charge in [-0.15, -0.1) is 0 Å². The molecule has 2 heterocycles. The topological polar surface area (TPSA) is 74.7 Å². The molecule has 0 atom stereocenters. The molecule has 1 saturated heterocycles. The number of hydrogen-bond donors (Lipinski definition) is 2. The van der Waals surface area contributed by atoms with Crippen molar-refractivity contribution in [2.24, 2.45) is 5.41 Å². The highest BCUT2D eigenvalue weighted by atomic mass is 35.5. The van der Waals surface area contributed by atoms with E-state index in [0.717, 1.165) is 28.6 Å². The predicted octanol–water partition coefficient (Wildman–Crippen LogP) is 5.92. The molecule has 0 radical (unpaired) electrons. The number of anilines is 1. The Balaban J connectivity index is 1.32. The van der Waals surface area contributed by atoms with Crippen molar-refractivity contribution in [3.63, 3.8) is 0 Å². The van der Waals surface area contributed by atoms with Crippen LogP contribution < -0.4 is 10.1 Å². The van der Waals surface area contributed by atoms with Crippen LogP contribution in [-0.4, -0.2) is 54.2 Å². The molecule has 6 nitrogen and oxygen atoms in total. The largest absolute Gasteiger partial charge is 0.497 e. The fraction of sp³-hybridized carbons (Fsp3) is 0.407. The van der Waals surface area contributed by atoms with E-state index in [1.807, 2.05) is 18.2 Å². The number of carbonyl (C=O) groups is 1. The summed E-state index contributed by atoms with van der Waals surface area (Å²) in [5.41, 5.74) is 1.08. The second-order valence-corrected chi connectivity index (χ2v) is 9.84. The molecule has 1 aliphatic heterocycles. The molecule has 2 N–H and O–H groups in total. The maximum Gasteiger partial charge on any atom is 0.309 e. The van der Waals surface area contributed by atoms with Gasteiger partial charge < -0.3 is 20.1 Å². The van der Waals surface area contributed by atoms with Gasteiger partial charge in [-0.05, 0) is 69.0 Å². The van der Waals surface area contributed by atoms with Crippen molar-refractivity contribution in [3.8, 4) is 5.75 Å². The Labute approximate surface area is 218 Å². The van der Waals surface area contributed by atoms with E-state index in [0.29, 0.717) is 69.1 Å². The highest BCUT2D eigenvalue weighted by Gasteiger charge is 2.40. The van der Waals surface area contributed by atoms with Crippen LogP contribution in [0, 0.1) is 22.9 Å². The van der Waals surface area contributed by atoms with Gasteiger partial charge in [0.15, 0.2) is 17.5 Å². The third kappa shape index (κ3) is 6.10. The molecular weight excluding hydrogens is 507 g/mol. The van der Waals surface area contributed by atoms with Crippen LogP contribution in [0.25, 0.3) is 10.9 Å². The van der Waals surface area contributed by atoms with Gasteiger partial charge >= 0.3 is 5.97 Å². The Morgan fingerprint density at radius 1 is 1.19 bits per heavy atom. The molecule has 1 aromatic heterocycles. The minimum Gasteiger partial charge on any atom is -0.497 e. The third-order valence-electron chi connectivity index (χ3n) is 7.22. The lowest BCUT2D eigenvalue weighted by Gasteiger charge is -2.39. The van der Waals surface area contributed by atoms with Crippen molar-refractivity contribution in [3.05, 3.63) is 64.6 Å². The molecule has 198 valence electrons. The standard InChI is InChI=1S/C27H29ClF3N3O3/c1-37-18-4-5-24-20(15-18)19(21(28)16-33-24)3-2-6-27(26(35)36)7-10-34(11-8-27)12-9-32-17-13-22(29)25(31)23(30)14-17/h4-5,13-16,32H,2-3,6-12H2,1H3,(H,35,36). The molecule has 0 unspecified atom stereocenters. The molecule has 0 spiro atoms. The smallest absolute Gasteiger partial charge is 0.309 e. The average molecular weight is 536 g/mol. The second-order valence-electron chi connectivity index (χ2n) is 9.43. The van der Waals surface area contributed by atoms with Gasteiger partial charge in [-0.25, -0.2) is 13.2 Å².